The number of rotatable bonds is 2. The minimum absolute atomic E-state index is 0.125. The number of nitrogens with two attached hydrogens (primary N) is 1. The first-order chi connectivity index (χ1) is 4.09. The van der Waals surface area contributed by atoms with Crippen molar-refractivity contribution in [2.45, 2.75) is 6.92 Å². The lowest BCUT2D eigenvalue weighted by Gasteiger charge is -1.98. The molecule has 0 saturated heterocycles. The second kappa shape index (κ2) is 2.91. The Morgan fingerprint density at radius 3 is 2.33 bits per heavy atom. The highest BCUT2D eigenvalue weighted by Crippen LogP contribution is 1.96. The summed E-state index contributed by atoms with van der Waals surface area (Å²) >= 11 is 0. The SMILES string of the molecule is COC(C)=C(N)[N+](=O)[O-]. The van der Waals surface area contributed by atoms with Crippen LogP contribution < -0.4 is 5.73 Å². The highest BCUT2D eigenvalue weighted by Gasteiger charge is 2.05. The van der Waals surface area contributed by atoms with Gasteiger partial charge in [0.2, 0.25) is 0 Å². The summed E-state index contributed by atoms with van der Waals surface area (Å²) in [6.07, 6.45) is 0. The fourth-order valence-corrected chi connectivity index (χ4v) is 0.233. The lowest BCUT2D eigenvalue weighted by molar-refractivity contribution is -0.429. The van der Waals surface area contributed by atoms with E-state index < -0.39 is 10.7 Å². The average Bonchev–Trinajstić information content (AvgIpc) is 1.84. The maximum absolute atomic E-state index is 9.84. The van der Waals surface area contributed by atoms with Crippen molar-refractivity contribution in [2.75, 3.05) is 7.11 Å². The third kappa shape index (κ3) is 1.98. The van der Waals surface area contributed by atoms with Gasteiger partial charge in [0.05, 0.1) is 7.11 Å². The van der Waals surface area contributed by atoms with Gasteiger partial charge in [-0.25, -0.2) is 0 Å². The van der Waals surface area contributed by atoms with E-state index in [1.165, 1.54) is 14.0 Å². The zero-order chi connectivity index (χ0) is 7.44. The maximum Gasteiger partial charge on any atom is 0.351 e. The Kier molecular flexibility index (Phi) is 2.50. The van der Waals surface area contributed by atoms with Crippen molar-refractivity contribution < 1.29 is 9.66 Å². The van der Waals surface area contributed by atoms with Gasteiger partial charge in [0.15, 0.2) is 5.76 Å². The molecule has 0 radical (unpaired) electrons. The van der Waals surface area contributed by atoms with Crippen LogP contribution in [0.25, 0.3) is 0 Å². The van der Waals surface area contributed by atoms with E-state index in [0.29, 0.717) is 0 Å². The molecule has 9 heavy (non-hydrogen) atoms. The molecule has 0 amide bonds. The molecule has 0 spiro atoms. The Bertz CT molecular complexity index is 152. The molecule has 2 N–H and O–H groups in total. The largest absolute Gasteiger partial charge is 0.493 e. The molecule has 0 fully saturated rings. The Balaban J connectivity index is 4.28. The van der Waals surface area contributed by atoms with Crippen LogP contribution in [0.15, 0.2) is 11.6 Å². The molecule has 0 rings (SSSR count). The molecule has 0 unspecified atom stereocenters. The van der Waals surface area contributed by atoms with Crippen LogP contribution in [-0.4, -0.2) is 12.0 Å². The molecule has 0 bridgehead atoms. The van der Waals surface area contributed by atoms with E-state index in [-0.39, 0.29) is 5.76 Å². The van der Waals surface area contributed by atoms with Gasteiger partial charge in [-0.2, -0.15) is 0 Å². The van der Waals surface area contributed by atoms with Crippen LogP contribution in [0, 0.1) is 10.1 Å². The highest BCUT2D eigenvalue weighted by molar-refractivity contribution is 4.91. The number of methoxy groups -OCH3 is 1. The molecule has 0 saturated carbocycles. The molecular formula is C4H8N2O3. The quantitative estimate of drug-likeness (QED) is 0.327. The first-order valence-electron chi connectivity index (χ1n) is 2.24. The summed E-state index contributed by atoms with van der Waals surface area (Å²) in [4.78, 5) is 9.15. The normalized spacial score (nSPS) is 12.2. The Labute approximate surface area is 52.3 Å². The summed E-state index contributed by atoms with van der Waals surface area (Å²) in [5.74, 6) is -0.322. The number of hydrogen-bond donors (Lipinski definition) is 1. The van der Waals surface area contributed by atoms with E-state index >= 15 is 0 Å². The predicted octanol–water partition coefficient (Wildman–Crippen LogP) is 0.0572. The summed E-state index contributed by atoms with van der Waals surface area (Å²) in [5, 5.41) is 9.84. The van der Waals surface area contributed by atoms with E-state index in [1.807, 2.05) is 0 Å². The van der Waals surface area contributed by atoms with E-state index in [1.54, 1.807) is 0 Å². The molecule has 0 aliphatic carbocycles. The standard InChI is InChI=1S/C4H8N2O3/c1-3(9-2)4(5)6(7)8/h5H2,1-2H3. The predicted molar refractivity (Wildman–Crippen MR) is 30.9 cm³/mol. The van der Waals surface area contributed by atoms with Crippen molar-refractivity contribution in [2.24, 2.45) is 5.73 Å². The number of allylic oxidation sites excluding steroid dienone is 1. The maximum atomic E-state index is 9.84. The highest BCUT2D eigenvalue weighted by atomic mass is 16.6. The van der Waals surface area contributed by atoms with Crippen molar-refractivity contribution in [1.29, 1.82) is 0 Å². The van der Waals surface area contributed by atoms with Crippen molar-refractivity contribution in [3.63, 3.8) is 0 Å². The monoisotopic (exact) mass is 132 g/mol. The summed E-state index contributed by atoms with van der Waals surface area (Å²) in [6.45, 7) is 1.43. The topological polar surface area (TPSA) is 78.4 Å². The molecule has 5 nitrogen and oxygen atoms in total. The van der Waals surface area contributed by atoms with Gasteiger partial charge < -0.3 is 14.9 Å². The zero-order valence-electron chi connectivity index (χ0n) is 5.25. The van der Waals surface area contributed by atoms with Crippen LogP contribution in [0.2, 0.25) is 0 Å². The molecular weight excluding hydrogens is 124 g/mol. The molecule has 0 aromatic heterocycles. The Hall–Kier alpha value is -1.26. The van der Waals surface area contributed by atoms with Gasteiger partial charge in [-0.05, 0) is 4.92 Å². The first-order valence-corrected chi connectivity index (χ1v) is 2.24. The zero-order valence-corrected chi connectivity index (χ0v) is 5.25. The van der Waals surface area contributed by atoms with Gasteiger partial charge in [0.1, 0.15) is 0 Å². The Morgan fingerprint density at radius 1 is 1.78 bits per heavy atom. The van der Waals surface area contributed by atoms with Crippen LogP contribution in [-0.2, 0) is 4.74 Å². The van der Waals surface area contributed by atoms with Gasteiger partial charge >= 0.3 is 5.82 Å². The lowest BCUT2D eigenvalue weighted by Crippen LogP contribution is -2.11. The second-order valence-electron chi connectivity index (χ2n) is 1.40. The van der Waals surface area contributed by atoms with E-state index in [0.717, 1.165) is 0 Å². The summed E-state index contributed by atoms with van der Waals surface area (Å²) in [5.41, 5.74) is 4.93. The van der Waals surface area contributed by atoms with Crippen LogP contribution in [0.1, 0.15) is 6.92 Å². The summed E-state index contributed by atoms with van der Waals surface area (Å²) in [6, 6.07) is 0. The third-order valence-corrected chi connectivity index (χ3v) is 0.864. The molecule has 0 aromatic carbocycles. The van der Waals surface area contributed by atoms with Crippen molar-refractivity contribution in [3.8, 4) is 0 Å². The molecule has 5 heteroatoms. The minimum Gasteiger partial charge on any atom is -0.493 e. The first kappa shape index (κ1) is 7.74. The second-order valence-corrected chi connectivity index (χ2v) is 1.40. The number of ether oxygens (including phenoxy) is 1. The van der Waals surface area contributed by atoms with Crippen LogP contribution in [0.5, 0.6) is 0 Å². The lowest BCUT2D eigenvalue weighted by atomic mass is 10.5. The summed E-state index contributed by atoms with van der Waals surface area (Å²) in [7, 11) is 1.33. The minimum atomic E-state index is -0.696. The molecule has 0 heterocycles. The van der Waals surface area contributed by atoms with Crippen LogP contribution in [0.4, 0.5) is 0 Å². The van der Waals surface area contributed by atoms with E-state index in [4.69, 9.17) is 5.73 Å². The smallest absolute Gasteiger partial charge is 0.351 e. The Morgan fingerprint density at radius 2 is 2.22 bits per heavy atom. The summed E-state index contributed by atoms with van der Waals surface area (Å²) < 4.78 is 4.49. The molecule has 0 aromatic rings. The van der Waals surface area contributed by atoms with Crippen molar-refractivity contribution in [3.05, 3.63) is 21.7 Å². The van der Waals surface area contributed by atoms with Gasteiger partial charge in [-0.15, -0.1) is 0 Å². The van der Waals surface area contributed by atoms with Crippen molar-refractivity contribution >= 4 is 0 Å². The molecule has 0 atom stereocenters. The molecule has 0 aliphatic heterocycles. The molecule has 0 aliphatic rings. The van der Waals surface area contributed by atoms with Gasteiger partial charge in [-0.3, -0.25) is 5.73 Å². The average molecular weight is 132 g/mol. The fraction of sp³-hybridized carbons (Fsp3) is 0.500. The van der Waals surface area contributed by atoms with Crippen LogP contribution in [0.3, 0.4) is 0 Å². The van der Waals surface area contributed by atoms with E-state index in [9.17, 15) is 10.1 Å². The fourth-order valence-electron chi connectivity index (χ4n) is 0.233. The van der Waals surface area contributed by atoms with Crippen molar-refractivity contribution in [1.82, 2.24) is 0 Å². The van der Waals surface area contributed by atoms with Gasteiger partial charge in [-0.1, -0.05) is 0 Å². The number of nitro groups is 1. The third-order valence-electron chi connectivity index (χ3n) is 0.864. The van der Waals surface area contributed by atoms with Crippen LogP contribution >= 0.6 is 0 Å². The van der Waals surface area contributed by atoms with Gasteiger partial charge in [0, 0.05) is 6.92 Å². The number of hydrogen-bond acceptors (Lipinski definition) is 4. The van der Waals surface area contributed by atoms with Gasteiger partial charge in [0.25, 0.3) is 0 Å². The molecule has 52 valence electrons. The van der Waals surface area contributed by atoms with E-state index in [2.05, 4.69) is 4.74 Å². The number of nitrogens with zero attached hydrogens (tertiary/aromatic N) is 1.